The molecule has 3 aliphatic rings. The molecule has 1 saturated heterocycles. The average molecular weight is 463 g/mol. The SMILES string of the molecule is Cl.c1ccc(C2(CCNCc3sccc3COC3CC3)CCOC3(CCCC3)C2)nc1. The van der Waals surface area contributed by atoms with Crippen LogP contribution in [-0.4, -0.2) is 29.8 Å². The summed E-state index contributed by atoms with van der Waals surface area (Å²) < 4.78 is 12.3. The Morgan fingerprint density at radius 3 is 2.81 bits per heavy atom. The van der Waals surface area contributed by atoms with Gasteiger partial charge in [0, 0.05) is 35.3 Å². The zero-order chi connectivity index (χ0) is 20.3. The Balaban J connectivity index is 0.00000231. The van der Waals surface area contributed by atoms with Crippen LogP contribution in [0, 0.1) is 0 Å². The molecule has 3 fully saturated rings. The van der Waals surface area contributed by atoms with Gasteiger partial charge in [0.15, 0.2) is 0 Å². The molecule has 170 valence electrons. The standard InChI is InChI=1S/C25H34N2O2S.ClH/c1-4-13-27-23(5-1)24(12-15-29-25(19-24)9-2-3-10-25)11-14-26-17-22-20(8-16-30-22)18-28-21-6-7-21;/h1,4-5,8,13,16,21,26H,2-3,6-7,9-12,14-15,17-19H2;1H. The monoisotopic (exact) mass is 462 g/mol. The molecule has 31 heavy (non-hydrogen) atoms. The van der Waals surface area contributed by atoms with E-state index in [9.17, 15) is 0 Å². The Kier molecular flexibility index (Phi) is 7.71. The molecule has 0 aromatic carbocycles. The van der Waals surface area contributed by atoms with E-state index in [-0.39, 0.29) is 23.4 Å². The maximum Gasteiger partial charge on any atom is 0.0731 e. The van der Waals surface area contributed by atoms with Crippen molar-refractivity contribution < 1.29 is 9.47 Å². The first kappa shape index (κ1) is 23.2. The summed E-state index contributed by atoms with van der Waals surface area (Å²) in [7, 11) is 0. The first-order valence-corrected chi connectivity index (χ1v) is 12.6. The summed E-state index contributed by atoms with van der Waals surface area (Å²) >= 11 is 1.84. The molecule has 1 aliphatic heterocycles. The van der Waals surface area contributed by atoms with Gasteiger partial charge < -0.3 is 14.8 Å². The van der Waals surface area contributed by atoms with Gasteiger partial charge in [-0.05, 0) is 80.6 Å². The van der Waals surface area contributed by atoms with Crippen molar-refractivity contribution in [2.75, 3.05) is 13.2 Å². The molecular weight excluding hydrogens is 428 g/mol. The van der Waals surface area contributed by atoms with Crippen LogP contribution >= 0.6 is 23.7 Å². The number of hydrogen-bond acceptors (Lipinski definition) is 5. The molecule has 2 aromatic rings. The number of ether oxygens (including phenoxy) is 2. The second-order valence-corrected chi connectivity index (χ2v) is 10.5. The van der Waals surface area contributed by atoms with Gasteiger partial charge in [-0.15, -0.1) is 23.7 Å². The van der Waals surface area contributed by atoms with Crippen LogP contribution in [-0.2, 0) is 28.0 Å². The maximum absolute atomic E-state index is 6.37. The molecule has 1 unspecified atom stereocenters. The van der Waals surface area contributed by atoms with Gasteiger partial charge in [-0.25, -0.2) is 0 Å². The van der Waals surface area contributed by atoms with Crippen LogP contribution in [0.4, 0.5) is 0 Å². The molecule has 1 N–H and O–H groups in total. The fraction of sp³-hybridized carbons (Fsp3) is 0.640. The van der Waals surface area contributed by atoms with Gasteiger partial charge in [-0.1, -0.05) is 18.9 Å². The highest BCUT2D eigenvalue weighted by Crippen LogP contribution is 2.49. The van der Waals surface area contributed by atoms with Crippen molar-refractivity contribution in [1.29, 1.82) is 0 Å². The normalized spacial score (nSPS) is 24.9. The highest BCUT2D eigenvalue weighted by Gasteiger charge is 2.48. The van der Waals surface area contributed by atoms with E-state index < -0.39 is 0 Å². The maximum atomic E-state index is 6.37. The third-order valence-corrected chi connectivity index (χ3v) is 8.24. The molecule has 3 heterocycles. The summed E-state index contributed by atoms with van der Waals surface area (Å²) in [6.45, 7) is 3.57. The smallest absolute Gasteiger partial charge is 0.0731 e. The van der Waals surface area contributed by atoms with E-state index in [2.05, 4.69) is 28.9 Å². The average Bonchev–Trinajstić information content (AvgIpc) is 3.34. The van der Waals surface area contributed by atoms with Crippen molar-refractivity contribution in [1.82, 2.24) is 10.3 Å². The summed E-state index contributed by atoms with van der Waals surface area (Å²) in [5.41, 5.74) is 2.84. The quantitative estimate of drug-likeness (QED) is 0.479. The zero-order valence-corrected chi connectivity index (χ0v) is 19.9. The van der Waals surface area contributed by atoms with Gasteiger partial charge in [-0.2, -0.15) is 0 Å². The molecule has 0 radical (unpaired) electrons. The van der Waals surface area contributed by atoms with Crippen molar-refractivity contribution in [3.8, 4) is 0 Å². The zero-order valence-electron chi connectivity index (χ0n) is 18.3. The number of aromatic nitrogens is 1. The number of nitrogens with one attached hydrogen (secondary N) is 1. The molecule has 6 heteroatoms. The fourth-order valence-electron chi connectivity index (χ4n) is 5.42. The molecule has 5 rings (SSSR count). The lowest BCUT2D eigenvalue weighted by Gasteiger charge is -2.46. The second kappa shape index (κ2) is 10.3. The van der Waals surface area contributed by atoms with Crippen molar-refractivity contribution in [3.05, 3.63) is 52.0 Å². The van der Waals surface area contributed by atoms with Crippen LogP contribution in [0.3, 0.4) is 0 Å². The Hall–Kier alpha value is -0.980. The topological polar surface area (TPSA) is 43.4 Å². The predicted octanol–water partition coefficient (Wildman–Crippen LogP) is 5.78. The number of hydrogen-bond donors (Lipinski definition) is 1. The summed E-state index contributed by atoms with van der Waals surface area (Å²) in [4.78, 5) is 6.24. The summed E-state index contributed by atoms with van der Waals surface area (Å²) in [6.07, 6.45) is 13.3. The van der Waals surface area contributed by atoms with Crippen LogP contribution < -0.4 is 5.32 Å². The van der Waals surface area contributed by atoms with E-state index >= 15 is 0 Å². The van der Waals surface area contributed by atoms with Crippen LogP contribution in [0.15, 0.2) is 35.8 Å². The Morgan fingerprint density at radius 1 is 1.16 bits per heavy atom. The lowest BCUT2D eigenvalue weighted by atomic mass is 9.68. The lowest BCUT2D eigenvalue weighted by Crippen LogP contribution is -2.47. The van der Waals surface area contributed by atoms with Crippen LogP contribution in [0.1, 0.15) is 73.9 Å². The Bertz CT molecular complexity index is 820. The van der Waals surface area contributed by atoms with E-state index in [0.29, 0.717) is 6.10 Å². The van der Waals surface area contributed by atoms with E-state index in [0.717, 1.165) is 45.6 Å². The summed E-state index contributed by atoms with van der Waals surface area (Å²) in [6, 6.07) is 8.64. The number of halogens is 1. The Labute approximate surface area is 196 Å². The van der Waals surface area contributed by atoms with Crippen molar-refractivity contribution in [3.63, 3.8) is 0 Å². The van der Waals surface area contributed by atoms with Gasteiger partial charge in [-0.3, -0.25) is 4.98 Å². The minimum Gasteiger partial charge on any atom is -0.375 e. The molecule has 1 spiro atoms. The van der Waals surface area contributed by atoms with Crippen molar-refractivity contribution in [2.45, 2.75) is 88.1 Å². The molecule has 1 atom stereocenters. The predicted molar refractivity (Wildman–Crippen MR) is 128 cm³/mol. The second-order valence-electron chi connectivity index (χ2n) is 9.47. The van der Waals surface area contributed by atoms with Crippen molar-refractivity contribution in [2.24, 2.45) is 0 Å². The fourth-order valence-corrected chi connectivity index (χ4v) is 6.28. The molecule has 2 aromatic heterocycles. The molecule has 0 bridgehead atoms. The first-order valence-electron chi connectivity index (χ1n) is 11.7. The third-order valence-electron chi connectivity index (χ3n) is 7.27. The Morgan fingerprint density at radius 2 is 2.03 bits per heavy atom. The molecular formula is C25H35ClN2O2S. The van der Waals surface area contributed by atoms with Gasteiger partial charge in [0.25, 0.3) is 0 Å². The number of pyridine rings is 1. The molecule has 0 amide bonds. The van der Waals surface area contributed by atoms with Gasteiger partial charge in [0.2, 0.25) is 0 Å². The molecule has 4 nitrogen and oxygen atoms in total. The minimum atomic E-state index is 0. The van der Waals surface area contributed by atoms with Gasteiger partial charge in [0.1, 0.15) is 0 Å². The van der Waals surface area contributed by atoms with E-state index in [1.54, 1.807) is 0 Å². The highest BCUT2D eigenvalue weighted by molar-refractivity contribution is 7.10. The van der Waals surface area contributed by atoms with Crippen molar-refractivity contribution >= 4 is 23.7 Å². The first-order chi connectivity index (χ1) is 14.8. The third kappa shape index (κ3) is 5.51. The van der Waals surface area contributed by atoms with E-state index in [1.807, 2.05) is 23.6 Å². The van der Waals surface area contributed by atoms with Gasteiger partial charge in [0.05, 0.1) is 18.3 Å². The number of nitrogens with zero attached hydrogens (tertiary/aromatic N) is 1. The summed E-state index contributed by atoms with van der Waals surface area (Å²) in [5, 5.41) is 5.93. The largest absolute Gasteiger partial charge is 0.375 e. The van der Waals surface area contributed by atoms with Crippen LogP contribution in [0.25, 0.3) is 0 Å². The van der Waals surface area contributed by atoms with Crippen LogP contribution in [0.5, 0.6) is 0 Å². The van der Waals surface area contributed by atoms with E-state index in [1.165, 1.54) is 54.7 Å². The van der Waals surface area contributed by atoms with Gasteiger partial charge >= 0.3 is 0 Å². The molecule has 2 aliphatic carbocycles. The highest BCUT2D eigenvalue weighted by atomic mass is 35.5. The van der Waals surface area contributed by atoms with Crippen LogP contribution in [0.2, 0.25) is 0 Å². The summed E-state index contributed by atoms with van der Waals surface area (Å²) in [5.74, 6) is 0. The molecule has 2 saturated carbocycles. The number of rotatable bonds is 9. The minimum absolute atomic E-state index is 0. The lowest BCUT2D eigenvalue weighted by molar-refractivity contribution is -0.104. The van der Waals surface area contributed by atoms with E-state index in [4.69, 9.17) is 14.5 Å². The number of thiophene rings is 1.